The fraction of sp³-hybridized carbons (Fsp3) is 0.174. The number of para-hydroxylation sites is 1. The number of aromatic nitrogens is 1. The number of imide groups is 1. The molecule has 2 fully saturated rings. The number of amides is 2. The first-order chi connectivity index (χ1) is 14.7. The molecule has 5 rings (SSSR count). The number of carbonyl (C=O) groups is 2. The van der Waals surface area contributed by atoms with Crippen molar-refractivity contribution >= 4 is 23.2 Å². The monoisotopic (exact) mass is 401 g/mol. The van der Waals surface area contributed by atoms with E-state index in [0.29, 0.717) is 11.4 Å². The summed E-state index contributed by atoms with van der Waals surface area (Å²) >= 11 is 0. The SMILES string of the molecule is COc1ccc(N2C(=O)[C@@H]3[C@H](ON(c4ccccc4)[C@H]3c3cccnc3)C2=O)cc1. The number of pyridine rings is 1. The minimum absolute atomic E-state index is 0.289. The number of nitrogens with zero attached hydrogens (tertiary/aromatic N) is 3. The normalized spacial score (nSPS) is 23.0. The van der Waals surface area contributed by atoms with E-state index in [0.717, 1.165) is 11.3 Å². The molecule has 0 aliphatic carbocycles. The number of ether oxygens (including phenoxy) is 1. The summed E-state index contributed by atoms with van der Waals surface area (Å²) < 4.78 is 5.17. The number of hydrogen-bond donors (Lipinski definition) is 0. The molecule has 2 aliphatic heterocycles. The molecule has 150 valence electrons. The van der Waals surface area contributed by atoms with E-state index in [2.05, 4.69) is 4.98 Å². The maximum absolute atomic E-state index is 13.5. The fourth-order valence-corrected chi connectivity index (χ4v) is 4.09. The van der Waals surface area contributed by atoms with Crippen molar-refractivity contribution in [1.82, 2.24) is 4.98 Å². The Morgan fingerprint density at radius 1 is 0.900 bits per heavy atom. The lowest BCUT2D eigenvalue weighted by Crippen LogP contribution is -2.37. The van der Waals surface area contributed by atoms with Crippen LogP contribution in [0.25, 0.3) is 0 Å². The molecule has 0 N–H and O–H groups in total. The van der Waals surface area contributed by atoms with E-state index in [1.165, 1.54) is 4.90 Å². The van der Waals surface area contributed by atoms with Crippen LogP contribution in [0.1, 0.15) is 11.6 Å². The van der Waals surface area contributed by atoms with Gasteiger partial charge in [-0.15, -0.1) is 0 Å². The van der Waals surface area contributed by atoms with Gasteiger partial charge in [-0.1, -0.05) is 24.3 Å². The van der Waals surface area contributed by atoms with E-state index in [1.807, 2.05) is 42.5 Å². The quantitative estimate of drug-likeness (QED) is 0.626. The zero-order valence-corrected chi connectivity index (χ0v) is 16.2. The summed E-state index contributed by atoms with van der Waals surface area (Å²) in [6.07, 6.45) is 2.49. The highest BCUT2D eigenvalue weighted by Crippen LogP contribution is 2.47. The van der Waals surface area contributed by atoms with Crippen LogP contribution in [0, 0.1) is 5.92 Å². The highest BCUT2D eigenvalue weighted by molar-refractivity contribution is 6.23. The van der Waals surface area contributed by atoms with E-state index >= 15 is 0 Å². The van der Waals surface area contributed by atoms with Gasteiger partial charge in [0.1, 0.15) is 11.7 Å². The highest BCUT2D eigenvalue weighted by Gasteiger charge is 2.60. The van der Waals surface area contributed by atoms with Crippen molar-refractivity contribution in [2.24, 2.45) is 5.92 Å². The van der Waals surface area contributed by atoms with Gasteiger partial charge in [0.05, 0.1) is 24.5 Å². The lowest BCUT2D eigenvalue weighted by Gasteiger charge is -2.28. The Morgan fingerprint density at radius 3 is 2.33 bits per heavy atom. The number of fused-ring (bicyclic) bond motifs is 1. The van der Waals surface area contributed by atoms with Gasteiger partial charge in [-0.3, -0.25) is 19.4 Å². The van der Waals surface area contributed by atoms with Crippen LogP contribution >= 0.6 is 0 Å². The highest BCUT2D eigenvalue weighted by atomic mass is 16.7. The van der Waals surface area contributed by atoms with Gasteiger partial charge in [0.15, 0.2) is 6.10 Å². The second kappa shape index (κ2) is 7.27. The van der Waals surface area contributed by atoms with E-state index in [9.17, 15) is 9.59 Å². The van der Waals surface area contributed by atoms with Crippen molar-refractivity contribution in [3.05, 3.63) is 84.7 Å². The first-order valence-electron chi connectivity index (χ1n) is 9.62. The summed E-state index contributed by atoms with van der Waals surface area (Å²) in [5, 5.41) is 1.66. The molecule has 1 aromatic heterocycles. The van der Waals surface area contributed by atoms with Crippen molar-refractivity contribution in [1.29, 1.82) is 0 Å². The molecule has 2 amide bonds. The zero-order valence-electron chi connectivity index (χ0n) is 16.2. The van der Waals surface area contributed by atoms with E-state index in [-0.39, 0.29) is 11.8 Å². The number of carbonyl (C=O) groups excluding carboxylic acids is 2. The standard InChI is InChI=1S/C23H19N3O4/c1-29-18-11-9-16(10-12-18)25-22(27)19-20(15-6-5-13-24-14-15)26(30-21(19)23(25)28)17-7-3-2-4-8-17/h2-14,19-21H,1H3/t19-,20-,21-/m0/s1. The number of rotatable bonds is 4. The van der Waals surface area contributed by atoms with Gasteiger partial charge in [0, 0.05) is 12.4 Å². The molecule has 2 aliphatic rings. The van der Waals surface area contributed by atoms with Crippen LogP contribution in [-0.4, -0.2) is 30.0 Å². The second-order valence-corrected chi connectivity index (χ2v) is 7.15. The van der Waals surface area contributed by atoms with E-state index in [4.69, 9.17) is 9.57 Å². The van der Waals surface area contributed by atoms with Crippen LogP contribution in [0.4, 0.5) is 11.4 Å². The molecule has 2 aromatic carbocycles. The first kappa shape index (κ1) is 18.3. The Hall–Kier alpha value is -3.71. The minimum Gasteiger partial charge on any atom is -0.497 e. The van der Waals surface area contributed by atoms with Crippen molar-refractivity contribution in [2.45, 2.75) is 12.1 Å². The summed E-state index contributed by atoms with van der Waals surface area (Å²) in [5.74, 6) is -0.688. The average molecular weight is 401 g/mol. The topological polar surface area (TPSA) is 72.0 Å². The van der Waals surface area contributed by atoms with Crippen molar-refractivity contribution in [2.75, 3.05) is 17.1 Å². The maximum atomic E-state index is 13.5. The number of hydrogen-bond acceptors (Lipinski definition) is 6. The summed E-state index contributed by atoms with van der Waals surface area (Å²) in [6.45, 7) is 0. The van der Waals surface area contributed by atoms with Gasteiger partial charge >= 0.3 is 0 Å². The molecule has 0 unspecified atom stereocenters. The lowest BCUT2D eigenvalue weighted by molar-refractivity contribution is -0.126. The molecule has 30 heavy (non-hydrogen) atoms. The molecule has 0 spiro atoms. The second-order valence-electron chi connectivity index (χ2n) is 7.15. The van der Waals surface area contributed by atoms with Gasteiger partial charge in [-0.05, 0) is 48.0 Å². The van der Waals surface area contributed by atoms with Gasteiger partial charge in [-0.2, -0.15) is 0 Å². The summed E-state index contributed by atoms with van der Waals surface area (Å²) in [4.78, 5) is 38.2. The van der Waals surface area contributed by atoms with Crippen LogP contribution in [0.2, 0.25) is 0 Å². The third kappa shape index (κ3) is 2.83. The Balaban J connectivity index is 1.55. The molecule has 0 radical (unpaired) electrons. The number of benzene rings is 2. The number of methoxy groups -OCH3 is 1. The third-order valence-corrected chi connectivity index (χ3v) is 5.48. The van der Waals surface area contributed by atoms with Crippen LogP contribution in [-0.2, 0) is 14.4 Å². The predicted molar refractivity (Wildman–Crippen MR) is 110 cm³/mol. The lowest BCUT2D eigenvalue weighted by atomic mass is 9.91. The molecule has 0 saturated carbocycles. The Morgan fingerprint density at radius 2 is 1.67 bits per heavy atom. The van der Waals surface area contributed by atoms with Crippen LogP contribution in [0.3, 0.4) is 0 Å². The number of hydroxylamine groups is 1. The minimum atomic E-state index is -0.898. The molecule has 3 heterocycles. The van der Waals surface area contributed by atoms with Gasteiger partial charge < -0.3 is 4.74 Å². The molecular formula is C23H19N3O4. The van der Waals surface area contributed by atoms with Gasteiger partial charge in [-0.25, -0.2) is 9.96 Å². The van der Waals surface area contributed by atoms with Crippen molar-refractivity contribution < 1.29 is 19.2 Å². The zero-order chi connectivity index (χ0) is 20.7. The largest absolute Gasteiger partial charge is 0.497 e. The van der Waals surface area contributed by atoms with Crippen LogP contribution in [0.5, 0.6) is 5.75 Å². The number of anilines is 2. The molecule has 7 heteroatoms. The van der Waals surface area contributed by atoms with Crippen LogP contribution < -0.4 is 14.7 Å². The fourth-order valence-electron chi connectivity index (χ4n) is 4.09. The van der Waals surface area contributed by atoms with Crippen molar-refractivity contribution in [3.63, 3.8) is 0 Å². The van der Waals surface area contributed by atoms with Gasteiger partial charge in [0.25, 0.3) is 5.91 Å². The summed E-state index contributed by atoms with van der Waals surface area (Å²) in [6, 6.07) is 19.5. The Kier molecular flexibility index (Phi) is 4.44. The maximum Gasteiger partial charge on any atom is 0.266 e. The summed E-state index contributed by atoms with van der Waals surface area (Å²) in [5.41, 5.74) is 2.09. The molecular weight excluding hydrogens is 382 g/mol. The average Bonchev–Trinajstić information content (AvgIpc) is 3.31. The molecule has 0 bridgehead atoms. The van der Waals surface area contributed by atoms with Crippen LogP contribution in [0.15, 0.2) is 79.1 Å². The predicted octanol–water partition coefficient (Wildman–Crippen LogP) is 3.14. The molecule has 7 nitrogen and oxygen atoms in total. The molecule has 3 aromatic rings. The molecule has 2 saturated heterocycles. The Bertz CT molecular complexity index is 1070. The Labute approximate surface area is 173 Å². The van der Waals surface area contributed by atoms with E-state index in [1.54, 1.807) is 48.8 Å². The van der Waals surface area contributed by atoms with Crippen molar-refractivity contribution in [3.8, 4) is 5.75 Å². The van der Waals surface area contributed by atoms with Gasteiger partial charge in [0.2, 0.25) is 5.91 Å². The van der Waals surface area contributed by atoms with E-state index < -0.39 is 18.1 Å². The smallest absolute Gasteiger partial charge is 0.266 e. The summed E-state index contributed by atoms with van der Waals surface area (Å²) in [7, 11) is 1.57. The third-order valence-electron chi connectivity index (χ3n) is 5.48. The molecule has 3 atom stereocenters. The first-order valence-corrected chi connectivity index (χ1v) is 9.62.